The topological polar surface area (TPSA) is 56.6 Å². The number of anilines is 1. The number of morpholine rings is 1. The molecule has 1 atom stereocenters. The van der Waals surface area contributed by atoms with Gasteiger partial charge in [-0.25, -0.2) is 9.78 Å². The van der Waals surface area contributed by atoms with Crippen molar-refractivity contribution in [2.75, 3.05) is 31.8 Å². The van der Waals surface area contributed by atoms with Gasteiger partial charge in [-0.1, -0.05) is 0 Å². The quantitative estimate of drug-likeness (QED) is 0.709. The van der Waals surface area contributed by atoms with E-state index in [1.54, 1.807) is 6.20 Å². The van der Waals surface area contributed by atoms with Gasteiger partial charge in [-0.15, -0.1) is 0 Å². The molecule has 1 saturated heterocycles. The number of imidazole rings is 1. The molecule has 0 amide bonds. The van der Waals surface area contributed by atoms with E-state index in [1.165, 1.54) is 7.11 Å². The molecule has 1 aromatic rings. The molecule has 0 radical (unpaired) electrons. The molecule has 0 saturated carbocycles. The van der Waals surface area contributed by atoms with Crippen LogP contribution in [-0.2, 0) is 20.8 Å². The van der Waals surface area contributed by atoms with Crippen LogP contribution in [0.4, 0.5) is 5.95 Å². The van der Waals surface area contributed by atoms with Crippen LogP contribution in [0.1, 0.15) is 6.92 Å². The summed E-state index contributed by atoms with van der Waals surface area (Å²) in [6.07, 6.45) is 3.64. The Bertz CT molecular complexity index is 391. The van der Waals surface area contributed by atoms with E-state index in [2.05, 4.69) is 4.98 Å². The minimum atomic E-state index is -0.401. The Morgan fingerprint density at radius 2 is 2.53 bits per heavy atom. The average molecular weight is 239 g/mol. The maximum Gasteiger partial charge on any atom is 0.331 e. The first-order chi connectivity index (χ1) is 8.27. The summed E-state index contributed by atoms with van der Waals surface area (Å²) in [5, 5.41) is 0. The lowest BCUT2D eigenvalue weighted by molar-refractivity contribution is -0.144. The number of nitrogens with zero attached hydrogens (tertiary/aromatic N) is 3. The second kappa shape index (κ2) is 5.18. The lowest BCUT2D eigenvalue weighted by Gasteiger charge is -2.34. The van der Waals surface area contributed by atoms with Crippen molar-refractivity contribution in [1.29, 1.82) is 0 Å². The first kappa shape index (κ1) is 11.9. The van der Waals surface area contributed by atoms with Crippen molar-refractivity contribution in [1.82, 2.24) is 9.55 Å². The Morgan fingerprint density at radius 1 is 1.71 bits per heavy atom. The molecule has 0 aliphatic carbocycles. The normalized spacial score (nSPS) is 20.4. The summed E-state index contributed by atoms with van der Waals surface area (Å²) in [7, 11) is 1.39. The van der Waals surface area contributed by atoms with Crippen molar-refractivity contribution < 1.29 is 14.3 Å². The number of ether oxygens (including phenoxy) is 2. The number of aromatic nitrogens is 2. The van der Waals surface area contributed by atoms with Crippen LogP contribution in [0.15, 0.2) is 12.4 Å². The van der Waals surface area contributed by atoms with Gasteiger partial charge in [-0.2, -0.15) is 0 Å². The Balaban J connectivity index is 2.24. The zero-order chi connectivity index (χ0) is 12.3. The summed E-state index contributed by atoms with van der Waals surface area (Å²) < 4.78 is 12.1. The summed E-state index contributed by atoms with van der Waals surface area (Å²) in [5.74, 6) is 0.515. The predicted octanol–water partition coefficient (Wildman–Crippen LogP) is 0.281. The molecule has 2 rings (SSSR count). The van der Waals surface area contributed by atoms with E-state index in [-0.39, 0.29) is 5.97 Å². The van der Waals surface area contributed by atoms with Gasteiger partial charge in [-0.05, 0) is 6.92 Å². The fourth-order valence-electron chi connectivity index (χ4n) is 1.98. The zero-order valence-electron chi connectivity index (χ0n) is 10.1. The zero-order valence-corrected chi connectivity index (χ0v) is 10.1. The highest BCUT2D eigenvalue weighted by molar-refractivity contribution is 5.79. The molecule has 1 aliphatic rings. The Kier molecular flexibility index (Phi) is 3.63. The smallest absolute Gasteiger partial charge is 0.331 e. The number of carbonyl (C=O) groups excluding carboxylic acids is 1. The van der Waals surface area contributed by atoms with Crippen LogP contribution in [-0.4, -0.2) is 48.4 Å². The number of methoxy groups -OCH3 is 1. The van der Waals surface area contributed by atoms with Gasteiger partial charge in [0, 0.05) is 25.5 Å². The Labute approximate surface area is 100 Å². The maximum atomic E-state index is 11.7. The van der Waals surface area contributed by atoms with Gasteiger partial charge in [0.2, 0.25) is 5.95 Å². The van der Waals surface area contributed by atoms with E-state index in [1.807, 2.05) is 22.6 Å². The molecule has 94 valence electrons. The van der Waals surface area contributed by atoms with Gasteiger partial charge in [0.05, 0.1) is 20.3 Å². The van der Waals surface area contributed by atoms with Gasteiger partial charge < -0.3 is 18.9 Å². The van der Waals surface area contributed by atoms with Gasteiger partial charge in [0.1, 0.15) is 0 Å². The Morgan fingerprint density at radius 3 is 3.24 bits per heavy atom. The van der Waals surface area contributed by atoms with Crippen LogP contribution in [0.5, 0.6) is 0 Å². The van der Waals surface area contributed by atoms with Crippen LogP contribution in [0.2, 0.25) is 0 Å². The standard InChI is InChI=1S/C11H17N3O3/c1-3-13-5-4-12-11(13)14-6-7-17-8-9(14)10(15)16-2/h4-5,9H,3,6-8H2,1-2H3. The van der Waals surface area contributed by atoms with Crippen molar-refractivity contribution in [3.8, 4) is 0 Å². The van der Waals surface area contributed by atoms with Gasteiger partial charge >= 0.3 is 5.97 Å². The van der Waals surface area contributed by atoms with Crippen LogP contribution >= 0.6 is 0 Å². The summed E-state index contributed by atoms with van der Waals surface area (Å²) in [5.41, 5.74) is 0. The number of rotatable bonds is 3. The SMILES string of the molecule is CCn1ccnc1N1CCOCC1C(=O)OC. The highest BCUT2D eigenvalue weighted by Gasteiger charge is 2.32. The fraction of sp³-hybridized carbons (Fsp3) is 0.636. The van der Waals surface area contributed by atoms with E-state index < -0.39 is 6.04 Å². The number of esters is 1. The molecule has 0 N–H and O–H groups in total. The van der Waals surface area contributed by atoms with Crippen molar-refractivity contribution in [3.05, 3.63) is 12.4 Å². The molecule has 1 aliphatic heterocycles. The predicted molar refractivity (Wildman–Crippen MR) is 61.9 cm³/mol. The second-order valence-electron chi connectivity index (χ2n) is 3.82. The lowest BCUT2D eigenvalue weighted by Crippen LogP contribution is -2.51. The molecular weight excluding hydrogens is 222 g/mol. The third-order valence-electron chi connectivity index (χ3n) is 2.89. The molecular formula is C11H17N3O3. The van der Waals surface area contributed by atoms with E-state index in [0.29, 0.717) is 19.8 Å². The summed E-state index contributed by atoms with van der Waals surface area (Å²) >= 11 is 0. The monoisotopic (exact) mass is 239 g/mol. The van der Waals surface area contributed by atoms with Crippen LogP contribution in [0, 0.1) is 0 Å². The largest absolute Gasteiger partial charge is 0.467 e. The molecule has 1 unspecified atom stereocenters. The van der Waals surface area contributed by atoms with Gasteiger partial charge in [0.15, 0.2) is 6.04 Å². The van der Waals surface area contributed by atoms with Crippen molar-refractivity contribution >= 4 is 11.9 Å². The van der Waals surface area contributed by atoms with Crippen LogP contribution in [0.25, 0.3) is 0 Å². The molecule has 0 bridgehead atoms. The molecule has 17 heavy (non-hydrogen) atoms. The van der Waals surface area contributed by atoms with Crippen LogP contribution < -0.4 is 4.90 Å². The van der Waals surface area contributed by atoms with Crippen molar-refractivity contribution in [3.63, 3.8) is 0 Å². The maximum absolute atomic E-state index is 11.7. The van der Waals surface area contributed by atoms with Crippen molar-refractivity contribution in [2.45, 2.75) is 19.5 Å². The van der Waals surface area contributed by atoms with E-state index in [4.69, 9.17) is 9.47 Å². The van der Waals surface area contributed by atoms with Gasteiger partial charge in [-0.3, -0.25) is 0 Å². The second-order valence-corrected chi connectivity index (χ2v) is 3.82. The summed E-state index contributed by atoms with van der Waals surface area (Å²) in [6, 6.07) is -0.401. The fourth-order valence-corrected chi connectivity index (χ4v) is 1.98. The molecule has 1 aromatic heterocycles. The first-order valence-corrected chi connectivity index (χ1v) is 5.71. The third kappa shape index (κ3) is 2.26. The summed E-state index contributed by atoms with van der Waals surface area (Å²) in [4.78, 5) is 17.9. The third-order valence-corrected chi connectivity index (χ3v) is 2.89. The number of hydrogen-bond acceptors (Lipinski definition) is 5. The highest BCUT2D eigenvalue weighted by Crippen LogP contribution is 2.18. The van der Waals surface area contributed by atoms with E-state index in [9.17, 15) is 4.79 Å². The average Bonchev–Trinajstić information content (AvgIpc) is 2.86. The lowest BCUT2D eigenvalue weighted by atomic mass is 10.2. The number of hydrogen-bond donors (Lipinski definition) is 0. The van der Waals surface area contributed by atoms with Crippen LogP contribution in [0.3, 0.4) is 0 Å². The molecule has 6 heteroatoms. The molecule has 1 fully saturated rings. The minimum Gasteiger partial charge on any atom is -0.467 e. The summed E-state index contributed by atoms with van der Waals surface area (Å²) in [6.45, 7) is 4.46. The van der Waals surface area contributed by atoms with Gasteiger partial charge in [0.25, 0.3) is 0 Å². The first-order valence-electron chi connectivity index (χ1n) is 5.71. The van der Waals surface area contributed by atoms with E-state index >= 15 is 0 Å². The Hall–Kier alpha value is -1.56. The van der Waals surface area contributed by atoms with E-state index in [0.717, 1.165) is 12.5 Å². The molecule has 2 heterocycles. The highest BCUT2D eigenvalue weighted by atomic mass is 16.5. The molecule has 6 nitrogen and oxygen atoms in total. The number of carbonyl (C=O) groups is 1. The molecule has 0 spiro atoms. The van der Waals surface area contributed by atoms with Crippen molar-refractivity contribution in [2.24, 2.45) is 0 Å². The minimum absolute atomic E-state index is 0.282. The molecule has 0 aromatic carbocycles. The number of aryl methyl sites for hydroxylation is 1.